The second-order valence-corrected chi connectivity index (χ2v) is 9.23. The molecule has 0 saturated carbocycles. The number of hydrogen-bond acceptors (Lipinski definition) is 6. The number of nitrogens with zero attached hydrogens (tertiary/aromatic N) is 1. The van der Waals surface area contributed by atoms with Crippen LogP contribution in [0.15, 0.2) is 30.5 Å². The van der Waals surface area contributed by atoms with Gasteiger partial charge in [-0.1, -0.05) is 6.58 Å². The van der Waals surface area contributed by atoms with Gasteiger partial charge in [0, 0.05) is 23.4 Å². The third-order valence-electron chi connectivity index (χ3n) is 4.98. The molecule has 2 atom stereocenters. The van der Waals surface area contributed by atoms with Crippen molar-refractivity contribution in [2.75, 3.05) is 13.2 Å². The Balaban J connectivity index is 2.25. The van der Waals surface area contributed by atoms with E-state index in [0.717, 1.165) is 18.2 Å². The van der Waals surface area contributed by atoms with Gasteiger partial charge in [-0.3, -0.25) is 10.1 Å². The molecule has 24 heavy (non-hydrogen) atoms. The molecule has 2 saturated heterocycles. The van der Waals surface area contributed by atoms with Crippen molar-refractivity contribution in [1.29, 1.82) is 0 Å². The fourth-order valence-electron chi connectivity index (χ4n) is 3.27. The summed E-state index contributed by atoms with van der Waals surface area (Å²) in [6.45, 7) is 6.58. The van der Waals surface area contributed by atoms with E-state index in [1.165, 1.54) is 13.8 Å². The Labute approximate surface area is 138 Å². The second-order valence-electron chi connectivity index (χ2n) is 6.56. The molecule has 2 fully saturated rings. The summed E-state index contributed by atoms with van der Waals surface area (Å²) in [6.07, 6.45) is 0. The average molecular weight is 356 g/mol. The van der Waals surface area contributed by atoms with Crippen LogP contribution in [-0.4, -0.2) is 36.6 Å². The van der Waals surface area contributed by atoms with Crippen molar-refractivity contribution in [2.45, 2.75) is 29.4 Å². The number of halogens is 1. The quantitative estimate of drug-likeness (QED) is 0.639. The van der Waals surface area contributed by atoms with Crippen LogP contribution < -0.4 is 5.32 Å². The van der Waals surface area contributed by atoms with Gasteiger partial charge < -0.3 is 10.1 Å². The smallest absolute Gasteiger partial charge is 0.270 e. The van der Waals surface area contributed by atoms with E-state index in [1.807, 2.05) is 0 Å². The van der Waals surface area contributed by atoms with E-state index in [4.69, 9.17) is 4.74 Å². The maximum absolute atomic E-state index is 14.5. The van der Waals surface area contributed by atoms with Crippen LogP contribution in [0.3, 0.4) is 0 Å². The minimum atomic E-state index is -3.77. The van der Waals surface area contributed by atoms with Crippen LogP contribution in [0.2, 0.25) is 0 Å². The molecule has 0 bridgehead atoms. The largest absolute Gasteiger partial charge is 0.377 e. The van der Waals surface area contributed by atoms with E-state index in [0.29, 0.717) is 0 Å². The molecule has 2 heterocycles. The van der Waals surface area contributed by atoms with E-state index in [2.05, 4.69) is 11.9 Å². The van der Waals surface area contributed by atoms with Crippen LogP contribution >= 0.6 is 0 Å². The fraction of sp³-hybridized carbons (Fsp3) is 0.467. The lowest BCUT2D eigenvalue weighted by Crippen LogP contribution is -2.65. The summed E-state index contributed by atoms with van der Waals surface area (Å²) < 4.78 is 44.6. The molecule has 130 valence electrons. The van der Waals surface area contributed by atoms with E-state index in [1.54, 1.807) is 0 Å². The van der Waals surface area contributed by atoms with Gasteiger partial charge in [-0.05, 0) is 19.9 Å². The molecule has 1 N–H and O–H groups in total. The van der Waals surface area contributed by atoms with Gasteiger partial charge in [0.25, 0.3) is 5.69 Å². The van der Waals surface area contributed by atoms with E-state index in [9.17, 15) is 22.9 Å². The maximum Gasteiger partial charge on any atom is 0.270 e. The Morgan fingerprint density at radius 2 is 2.12 bits per heavy atom. The van der Waals surface area contributed by atoms with E-state index in [-0.39, 0.29) is 30.2 Å². The Bertz CT molecular complexity index is 851. The first-order valence-corrected chi connectivity index (χ1v) is 8.82. The molecule has 2 aliphatic rings. The lowest BCUT2D eigenvalue weighted by Gasteiger charge is -2.47. The lowest BCUT2D eigenvalue weighted by atomic mass is 9.86. The lowest BCUT2D eigenvalue weighted by molar-refractivity contribution is -0.385. The highest BCUT2D eigenvalue weighted by Crippen LogP contribution is 2.47. The molecule has 0 aromatic heterocycles. The number of nitro benzene ring substituents is 1. The molecule has 1 aromatic carbocycles. The number of fused-ring (bicyclic) bond motifs is 1. The zero-order valence-electron chi connectivity index (χ0n) is 13.2. The predicted octanol–water partition coefficient (Wildman–Crippen LogP) is 1.64. The average Bonchev–Trinajstić information content (AvgIpc) is 2.91. The number of hydrogen-bond donors (Lipinski definition) is 1. The zero-order valence-corrected chi connectivity index (χ0v) is 14.0. The van der Waals surface area contributed by atoms with Crippen molar-refractivity contribution in [3.63, 3.8) is 0 Å². The van der Waals surface area contributed by atoms with Gasteiger partial charge in [0.1, 0.15) is 21.4 Å². The monoisotopic (exact) mass is 356 g/mol. The highest BCUT2D eigenvalue weighted by atomic mass is 32.2. The zero-order chi connectivity index (χ0) is 17.9. The summed E-state index contributed by atoms with van der Waals surface area (Å²) in [6, 6.07) is 3.07. The first kappa shape index (κ1) is 16.8. The van der Waals surface area contributed by atoms with Crippen LogP contribution in [0.25, 0.3) is 0 Å². The molecule has 0 unspecified atom stereocenters. The summed E-state index contributed by atoms with van der Waals surface area (Å²) in [4.78, 5) is 10.4. The molecule has 0 radical (unpaired) electrons. The van der Waals surface area contributed by atoms with Crippen molar-refractivity contribution in [2.24, 2.45) is 0 Å². The molecule has 0 aliphatic carbocycles. The van der Waals surface area contributed by atoms with Crippen LogP contribution in [0, 0.1) is 15.9 Å². The van der Waals surface area contributed by atoms with Crippen molar-refractivity contribution in [3.8, 4) is 0 Å². The van der Waals surface area contributed by atoms with E-state index >= 15 is 0 Å². The van der Waals surface area contributed by atoms with E-state index < -0.39 is 36.1 Å². The molecule has 7 nitrogen and oxygen atoms in total. The summed E-state index contributed by atoms with van der Waals surface area (Å²) in [7, 11) is -3.77. The van der Waals surface area contributed by atoms with Gasteiger partial charge >= 0.3 is 0 Å². The standard InChI is InChI=1S/C15H17FN2O5S/c1-9-14(2,3)24(21,22)13-7-23-8-15(13,17-9)11-6-10(18(19)20)4-5-12(11)16/h4-6,13,17H,1,7-8H2,2-3H3/t13-,15-/m1/s1. The third kappa shape index (κ3) is 2.01. The first-order valence-electron chi connectivity index (χ1n) is 7.27. The Kier molecular flexibility index (Phi) is 3.51. The van der Waals surface area contributed by atoms with Gasteiger partial charge in [-0.2, -0.15) is 0 Å². The van der Waals surface area contributed by atoms with Gasteiger partial charge in [0.05, 0.1) is 18.1 Å². The highest BCUT2D eigenvalue weighted by Gasteiger charge is 2.62. The van der Waals surface area contributed by atoms with Crippen molar-refractivity contribution in [3.05, 3.63) is 52.0 Å². The predicted molar refractivity (Wildman–Crippen MR) is 84.6 cm³/mol. The Morgan fingerprint density at radius 1 is 1.46 bits per heavy atom. The molecule has 0 spiro atoms. The number of benzene rings is 1. The number of rotatable bonds is 2. The summed E-state index contributed by atoms with van der Waals surface area (Å²) in [5.41, 5.74) is -1.64. The topological polar surface area (TPSA) is 98.5 Å². The van der Waals surface area contributed by atoms with Crippen molar-refractivity contribution in [1.82, 2.24) is 5.32 Å². The number of ether oxygens (including phenoxy) is 1. The Morgan fingerprint density at radius 3 is 2.75 bits per heavy atom. The van der Waals surface area contributed by atoms with Crippen LogP contribution in [0.5, 0.6) is 0 Å². The summed E-state index contributed by atoms with van der Waals surface area (Å²) in [5, 5.41) is 13.0. The highest BCUT2D eigenvalue weighted by molar-refractivity contribution is 7.93. The fourth-order valence-corrected chi connectivity index (χ4v) is 5.43. The van der Waals surface area contributed by atoms with Gasteiger partial charge in [-0.15, -0.1) is 0 Å². The molecule has 0 amide bonds. The summed E-state index contributed by atoms with van der Waals surface area (Å²) >= 11 is 0. The molecular formula is C15H17FN2O5S. The Hall–Kier alpha value is -2.00. The van der Waals surface area contributed by atoms with Gasteiger partial charge in [-0.25, -0.2) is 12.8 Å². The SMILES string of the molecule is C=C1N[C@@]2(c3cc([N+](=O)[O-])ccc3F)COC[C@H]2S(=O)(=O)C1(C)C. The molecule has 2 aliphatic heterocycles. The number of sulfone groups is 1. The van der Waals surface area contributed by atoms with Gasteiger partial charge in [0.2, 0.25) is 0 Å². The molecule has 3 rings (SSSR count). The van der Waals surface area contributed by atoms with Gasteiger partial charge in [0.15, 0.2) is 9.84 Å². The first-order chi connectivity index (χ1) is 11.0. The van der Waals surface area contributed by atoms with Crippen molar-refractivity contribution < 1.29 is 22.5 Å². The molecule has 1 aromatic rings. The molecule has 9 heteroatoms. The number of nitro groups is 1. The third-order valence-corrected chi connectivity index (χ3v) is 7.93. The number of non-ortho nitro benzene ring substituents is 1. The normalized spacial score (nSPS) is 30.5. The van der Waals surface area contributed by atoms with Crippen LogP contribution in [-0.2, 0) is 20.1 Å². The second kappa shape index (κ2) is 5.00. The van der Waals surface area contributed by atoms with Crippen LogP contribution in [0.1, 0.15) is 19.4 Å². The summed E-state index contributed by atoms with van der Waals surface area (Å²) in [5.74, 6) is -0.730. The van der Waals surface area contributed by atoms with Crippen molar-refractivity contribution >= 4 is 15.5 Å². The maximum atomic E-state index is 14.5. The number of nitrogens with one attached hydrogen (secondary N) is 1. The minimum absolute atomic E-state index is 0.0978. The minimum Gasteiger partial charge on any atom is -0.377 e. The van der Waals surface area contributed by atoms with Crippen LogP contribution in [0.4, 0.5) is 10.1 Å². The molecular weight excluding hydrogens is 339 g/mol.